The zero-order chi connectivity index (χ0) is 77.6. The number of ether oxygens (including phenoxy) is 7. The maximum absolute atomic E-state index is 11.9. The first-order valence-corrected chi connectivity index (χ1v) is 48.5. The fourth-order valence-electron chi connectivity index (χ4n) is 11.7. The van der Waals surface area contributed by atoms with Crippen molar-refractivity contribution in [1.82, 2.24) is 78.2 Å². The van der Waals surface area contributed by atoms with Gasteiger partial charge in [0.05, 0.1) is 54.7 Å². The van der Waals surface area contributed by atoms with Gasteiger partial charge in [-0.1, -0.05) is 65.5 Å². The predicted molar refractivity (Wildman–Crippen MR) is 421 cm³/mol. The number of likely N-dealkylation sites (tertiary alicyclic amines) is 4. The topological polar surface area (TPSA) is 356 Å². The van der Waals surface area contributed by atoms with Crippen LogP contribution in [0.3, 0.4) is 0 Å². The summed E-state index contributed by atoms with van der Waals surface area (Å²) >= 11 is 3.27. The van der Waals surface area contributed by atoms with Crippen LogP contribution in [0, 0.1) is 22.7 Å². The zero-order valence-electron chi connectivity index (χ0n) is 64.5. The Labute approximate surface area is 638 Å². The number of piperidine rings is 4. The predicted octanol–water partition coefficient (Wildman–Crippen LogP) is 10.2. The Bertz CT molecular complexity index is 4310. The van der Waals surface area contributed by atoms with Crippen molar-refractivity contribution in [1.29, 1.82) is 10.5 Å². The molecular weight excluding hydrogens is 1480 g/mol. The summed E-state index contributed by atoms with van der Waals surface area (Å²) in [7, 11) is 4.28. The number of nitrogens with zero attached hydrogens (tertiary/aromatic N) is 17. The minimum Gasteiger partial charge on any atom is -0.473 e. The molecule has 12 heterocycles. The minimum atomic E-state index is -1.15. The first-order chi connectivity index (χ1) is 50.9. The van der Waals surface area contributed by atoms with Gasteiger partial charge in [-0.15, -0.1) is 0 Å². The molecule has 107 heavy (non-hydrogen) atoms. The van der Waals surface area contributed by atoms with Crippen molar-refractivity contribution in [2.45, 2.75) is 173 Å². The van der Waals surface area contributed by atoms with E-state index < -0.39 is 36.1 Å². The minimum absolute atomic E-state index is 0.00917. The number of nitrogens with one attached hydrogen (secondary N) is 1. The molecule has 4 N–H and O–H groups in total. The highest BCUT2D eigenvalue weighted by molar-refractivity contribution is 9.10. The van der Waals surface area contributed by atoms with Crippen molar-refractivity contribution in [3.63, 3.8) is 0 Å². The number of carbonyl (C=O) groups excluding carboxylic acids is 3. The smallest absolute Gasteiger partial charge is 0.341 e. The van der Waals surface area contributed by atoms with Crippen molar-refractivity contribution >= 4 is 103 Å². The van der Waals surface area contributed by atoms with Gasteiger partial charge in [-0.2, -0.15) is 10.5 Å². The third-order valence-electron chi connectivity index (χ3n) is 18.4. The summed E-state index contributed by atoms with van der Waals surface area (Å²) in [4.78, 5) is 82.0. The lowest BCUT2D eigenvalue weighted by molar-refractivity contribution is -0.127. The second kappa shape index (κ2) is 39.8. The van der Waals surface area contributed by atoms with Gasteiger partial charge in [0.1, 0.15) is 82.9 Å². The van der Waals surface area contributed by atoms with Crippen LogP contribution in [0.25, 0.3) is 44.7 Å². The Morgan fingerprint density at radius 3 is 1.39 bits per heavy atom. The van der Waals surface area contributed by atoms with E-state index in [4.69, 9.17) is 49.3 Å². The molecule has 34 heteroatoms. The van der Waals surface area contributed by atoms with Gasteiger partial charge in [0, 0.05) is 134 Å². The van der Waals surface area contributed by atoms with E-state index in [1.165, 1.54) is 13.2 Å². The van der Waals surface area contributed by atoms with Gasteiger partial charge in [-0.3, -0.25) is 9.59 Å². The van der Waals surface area contributed by atoms with Crippen LogP contribution in [0.2, 0.25) is 77.1 Å². The van der Waals surface area contributed by atoms with Crippen molar-refractivity contribution in [3.05, 3.63) is 89.1 Å². The number of methoxy groups -OCH3 is 1. The standard InChI is InChI=1S/C19H31N5O3Si.C19H29N5O2Si.C15H15N5O2.C14H20BrN3O3Si.C6H13NO/c1-23-7-5-14(6-8-23)27-16-11-21-19-17(22-16)15(18(20)25)12-24(19)13-26-9-10-28(2,3)4;1-23-7-5-16(6-8-23)26-17-12-21-19-18(22-17)15(11-20)13-24(19)14-25-9-10-27(2,3)4;1-2-13(21)20-5-3-11(4-6-20)22-12-9-18-15-14(19-12)10(7-16)8-17-15;1-20-14(19)10-8-18(9-21-5-6-22(2,3)4)13-12(10)17-11(15)7-16-13;1-7-4-2-6(8)3-5-7/h11-12,14H,5-10,13H2,1-4H3,(H2,20,25);12-13,16H,5-10,14H2,1-4H3;2,8-9,11H,1,3-6H2,(H,17,18);7-8H,5-6,9H2,1-4H3;6,8H,2-5H2,1H3. The van der Waals surface area contributed by atoms with E-state index in [1.54, 1.807) is 63.6 Å². The first-order valence-electron chi connectivity index (χ1n) is 36.5. The number of halogens is 1. The summed E-state index contributed by atoms with van der Waals surface area (Å²) in [5, 5.41) is 27.5. The third kappa shape index (κ3) is 26.3. The normalized spacial score (nSPS) is 16.1. The molecule has 8 aromatic rings. The summed E-state index contributed by atoms with van der Waals surface area (Å²) in [6.45, 7) is 34.9. The van der Waals surface area contributed by atoms with Crippen LogP contribution in [0.15, 0.2) is 66.8 Å². The summed E-state index contributed by atoms with van der Waals surface area (Å²) in [5.41, 5.74) is 11.7. The Morgan fingerprint density at radius 2 is 0.963 bits per heavy atom. The molecule has 0 saturated carbocycles. The number of fused-ring (bicyclic) bond motifs is 4. The number of carbonyl (C=O) groups is 3. The number of aromatic amines is 1. The molecule has 0 aliphatic carbocycles. The maximum atomic E-state index is 11.9. The molecule has 0 bridgehead atoms. The molecule has 8 aromatic heterocycles. The summed E-state index contributed by atoms with van der Waals surface area (Å²) in [6.07, 6.45) is 21.9. The number of aliphatic hydroxyl groups excluding tert-OH is 1. The van der Waals surface area contributed by atoms with E-state index >= 15 is 0 Å². The molecule has 0 atom stereocenters. The Morgan fingerprint density at radius 1 is 0.570 bits per heavy atom. The molecule has 0 spiro atoms. The number of primary amides is 1. The molecule has 4 saturated heterocycles. The Balaban J connectivity index is 0.000000174. The average Bonchev–Trinajstić information content (AvgIpc) is 1.66. The number of hydrogen-bond donors (Lipinski definition) is 3. The lowest BCUT2D eigenvalue weighted by atomic mass is 10.1. The fourth-order valence-corrected chi connectivity index (χ4v) is 14.3. The zero-order valence-corrected chi connectivity index (χ0v) is 69.1. The second-order valence-corrected chi connectivity index (χ2v) is 48.7. The van der Waals surface area contributed by atoms with Crippen LogP contribution >= 0.6 is 15.9 Å². The average molecular weight is 1590 g/mol. The Hall–Kier alpha value is -8.14. The number of nitriles is 2. The van der Waals surface area contributed by atoms with Gasteiger partial charge < -0.3 is 82.3 Å². The van der Waals surface area contributed by atoms with E-state index in [9.17, 15) is 19.6 Å². The number of esters is 1. The van der Waals surface area contributed by atoms with E-state index in [2.05, 4.69) is 174 Å². The number of hydrogen-bond acceptors (Lipinski definition) is 24. The maximum Gasteiger partial charge on any atom is 0.341 e. The van der Waals surface area contributed by atoms with Crippen LogP contribution < -0.4 is 19.9 Å². The first kappa shape index (κ1) is 84.5. The molecular formula is C73H108BrN19O11Si3. The summed E-state index contributed by atoms with van der Waals surface area (Å²) < 4.78 is 46.0. The Kier molecular flexibility index (Phi) is 31.4. The van der Waals surface area contributed by atoms with Gasteiger partial charge in [0.25, 0.3) is 5.91 Å². The summed E-state index contributed by atoms with van der Waals surface area (Å²) in [5.74, 6) is 0.311. The number of H-pyrrole nitrogens is 1. The van der Waals surface area contributed by atoms with Gasteiger partial charge in [0.2, 0.25) is 23.5 Å². The number of nitrogens with two attached hydrogens (primary N) is 1. The highest BCUT2D eigenvalue weighted by Crippen LogP contribution is 2.28. The fraction of sp³-hybridized carbons (Fsp3) is 0.575. The summed E-state index contributed by atoms with van der Waals surface area (Å²) in [6, 6.07) is 7.55. The van der Waals surface area contributed by atoms with Gasteiger partial charge in [0.15, 0.2) is 22.6 Å². The van der Waals surface area contributed by atoms with Crippen LogP contribution in [-0.2, 0) is 43.9 Å². The van der Waals surface area contributed by atoms with Crippen LogP contribution in [0.4, 0.5) is 0 Å². The quantitative estimate of drug-likeness (QED) is 0.0219. The molecule has 30 nitrogen and oxygen atoms in total. The van der Waals surface area contributed by atoms with Crippen molar-refractivity contribution < 1.29 is 52.6 Å². The third-order valence-corrected chi connectivity index (χ3v) is 23.9. The van der Waals surface area contributed by atoms with Crippen LogP contribution in [0.5, 0.6) is 17.6 Å². The molecule has 12 rings (SSSR count). The molecule has 4 aliphatic heterocycles. The van der Waals surface area contributed by atoms with Crippen molar-refractivity contribution in [2.24, 2.45) is 5.73 Å². The van der Waals surface area contributed by atoms with Crippen LogP contribution in [-0.4, -0.2) is 250 Å². The molecule has 4 fully saturated rings. The highest BCUT2D eigenvalue weighted by Gasteiger charge is 2.27. The number of aromatic nitrogens is 12. The molecule has 580 valence electrons. The number of rotatable bonds is 24. The monoisotopic (exact) mass is 1590 g/mol. The van der Waals surface area contributed by atoms with E-state index in [1.807, 2.05) is 4.57 Å². The SMILES string of the molecule is C=CC(=O)N1CCC(Oc2cnc3[nH]cc(C#N)c3n2)CC1.CN1CCC(O)CC1.CN1CCC(Oc2cnc3c(n2)c(C#N)cn3COCC[Si](C)(C)C)CC1.CN1CCC(Oc2cnc3c(n2)c(C(N)=O)cn3COCC[Si](C)(C)C)CC1.COC(=O)c1cn(COCC[Si](C)(C)C)c2ncc(Br)nc12. The molecule has 0 aromatic carbocycles. The second-order valence-electron chi connectivity index (χ2n) is 31.0. The molecule has 4 aliphatic rings. The van der Waals surface area contributed by atoms with Crippen molar-refractivity contribution in [2.75, 3.05) is 100 Å². The lowest BCUT2D eigenvalue weighted by Gasteiger charge is -2.31. The van der Waals surface area contributed by atoms with Crippen molar-refractivity contribution in [3.8, 4) is 29.8 Å². The number of aliphatic hydroxyl groups is 1. The number of amides is 2. The molecule has 0 radical (unpaired) electrons. The van der Waals surface area contributed by atoms with Gasteiger partial charge >= 0.3 is 5.97 Å². The van der Waals surface area contributed by atoms with E-state index in [0.29, 0.717) is 136 Å². The van der Waals surface area contributed by atoms with E-state index in [0.717, 1.165) is 115 Å². The lowest BCUT2D eigenvalue weighted by Crippen LogP contribution is -2.41. The largest absolute Gasteiger partial charge is 0.473 e. The molecule has 0 unspecified atom stereocenters. The van der Waals surface area contributed by atoms with Gasteiger partial charge in [-0.25, -0.2) is 44.7 Å². The van der Waals surface area contributed by atoms with E-state index in [-0.39, 0.29) is 30.3 Å². The van der Waals surface area contributed by atoms with Gasteiger partial charge in [-0.05, 0) is 99.8 Å². The highest BCUT2D eigenvalue weighted by atomic mass is 79.9. The molecule has 2 amide bonds. The van der Waals surface area contributed by atoms with Crippen LogP contribution in [0.1, 0.15) is 83.2 Å².